The van der Waals surface area contributed by atoms with Crippen LogP contribution in [-0.2, 0) is 0 Å². The van der Waals surface area contributed by atoms with Crippen LogP contribution in [0.1, 0.15) is 0 Å². The van der Waals surface area contributed by atoms with Crippen LogP contribution in [0.15, 0.2) is 240 Å². The molecule has 274 valence electrons. The highest BCUT2D eigenvalue weighted by Gasteiger charge is 2.53. The zero-order valence-electron chi connectivity index (χ0n) is 31.9. The van der Waals surface area contributed by atoms with Crippen LogP contribution in [0.5, 0.6) is 0 Å². The minimum Gasteiger partial charge on any atom is -0.311 e. The molecule has 9 aromatic rings. The molecule has 2 aliphatic heterocycles. The van der Waals surface area contributed by atoms with Crippen molar-refractivity contribution in [1.82, 2.24) is 0 Å². The zero-order valence-corrected chi connectivity index (χ0v) is 34.8. The van der Waals surface area contributed by atoms with Gasteiger partial charge in [0.15, 0.2) is 8.07 Å². The van der Waals surface area contributed by atoms with Crippen molar-refractivity contribution >= 4 is 82.0 Å². The second-order valence-electron chi connectivity index (χ2n) is 15.2. The Hall–Kier alpha value is -6.44. The Labute approximate surface area is 347 Å². The lowest BCUT2D eigenvalue weighted by atomic mass is 10.0. The van der Waals surface area contributed by atoms with Gasteiger partial charge in [0.2, 0.25) is 0 Å². The SMILES string of the molecule is c1ccc(-c2ccc(N(c3ccc(-c4ccccc4)cc3)c3ccc4c(c3)[Si]3(c5ccccc5Sc5ccccc53)c3ccccc3[SiH]4c3ccccc3)cc2)cc1. The van der Waals surface area contributed by atoms with Crippen molar-refractivity contribution in [2.24, 2.45) is 0 Å². The molecule has 2 heterocycles. The van der Waals surface area contributed by atoms with Crippen LogP contribution in [0.3, 0.4) is 0 Å². The van der Waals surface area contributed by atoms with Crippen LogP contribution in [0.25, 0.3) is 22.3 Å². The molecular formula is C54H39NSSi2. The van der Waals surface area contributed by atoms with Crippen molar-refractivity contribution in [3.63, 3.8) is 0 Å². The number of anilines is 3. The largest absolute Gasteiger partial charge is 0.311 e. The molecule has 0 saturated heterocycles. The molecule has 0 radical (unpaired) electrons. The third-order valence-electron chi connectivity index (χ3n) is 12.1. The summed E-state index contributed by atoms with van der Waals surface area (Å²) in [5.41, 5.74) is 8.31. The van der Waals surface area contributed by atoms with Crippen LogP contribution >= 0.6 is 11.8 Å². The van der Waals surface area contributed by atoms with E-state index in [1.54, 1.807) is 10.4 Å². The van der Waals surface area contributed by atoms with Gasteiger partial charge in [-0.3, -0.25) is 0 Å². The van der Waals surface area contributed by atoms with E-state index in [0.717, 1.165) is 11.4 Å². The van der Waals surface area contributed by atoms with Gasteiger partial charge in [0.25, 0.3) is 0 Å². The molecule has 9 aromatic carbocycles. The molecule has 0 bridgehead atoms. The van der Waals surface area contributed by atoms with E-state index in [0.29, 0.717) is 0 Å². The molecule has 1 atom stereocenters. The van der Waals surface area contributed by atoms with Crippen LogP contribution in [0, 0.1) is 0 Å². The van der Waals surface area contributed by atoms with E-state index in [2.05, 4.69) is 235 Å². The van der Waals surface area contributed by atoms with Gasteiger partial charge in [-0.2, -0.15) is 0 Å². The van der Waals surface area contributed by atoms with Gasteiger partial charge < -0.3 is 4.90 Å². The first-order chi connectivity index (χ1) is 28.8. The second kappa shape index (κ2) is 14.5. The summed E-state index contributed by atoms with van der Waals surface area (Å²) < 4.78 is 0. The summed E-state index contributed by atoms with van der Waals surface area (Å²) in [5.74, 6) is 0. The summed E-state index contributed by atoms with van der Waals surface area (Å²) in [7, 11) is -4.70. The van der Waals surface area contributed by atoms with Gasteiger partial charge in [-0.05, 0) is 91.5 Å². The van der Waals surface area contributed by atoms with Gasteiger partial charge in [0.05, 0.1) is 0 Å². The Morgan fingerprint density at radius 3 is 1.29 bits per heavy atom. The maximum absolute atomic E-state index is 2.83. The van der Waals surface area contributed by atoms with E-state index < -0.39 is 16.9 Å². The number of hydrogen-bond donors (Lipinski definition) is 0. The fourth-order valence-electron chi connectivity index (χ4n) is 9.56. The summed E-state index contributed by atoms with van der Waals surface area (Å²) in [5, 5.41) is 10.6. The van der Waals surface area contributed by atoms with Crippen molar-refractivity contribution in [2.45, 2.75) is 9.79 Å². The van der Waals surface area contributed by atoms with Gasteiger partial charge in [-0.1, -0.05) is 209 Å². The normalized spacial score (nSPS) is 14.4. The van der Waals surface area contributed by atoms with Crippen molar-refractivity contribution in [3.8, 4) is 22.3 Å². The number of fused-ring (bicyclic) bond motifs is 8. The summed E-state index contributed by atoms with van der Waals surface area (Å²) in [6.07, 6.45) is 0. The lowest BCUT2D eigenvalue weighted by Gasteiger charge is -2.46. The lowest BCUT2D eigenvalue weighted by Crippen LogP contribution is -2.87. The molecular weight excluding hydrogens is 751 g/mol. The minimum absolute atomic E-state index is 1.14. The van der Waals surface area contributed by atoms with Crippen LogP contribution in [0.2, 0.25) is 0 Å². The third kappa shape index (κ3) is 5.67. The van der Waals surface area contributed by atoms with Crippen molar-refractivity contribution in [3.05, 3.63) is 231 Å². The van der Waals surface area contributed by atoms with Crippen LogP contribution < -0.4 is 41.2 Å². The van der Waals surface area contributed by atoms with Crippen LogP contribution in [-0.4, -0.2) is 16.9 Å². The maximum atomic E-state index is 2.61. The Morgan fingerprint density at radius 2 is 0.741 bits per heavy atom. The molecule has 1 nitrogen and oxygen atoms in total. The fraction of sp³-hybridized carbons (Fsp3) is 0. The van der Waals surface area contributed by atoms with Gasteiger partial charge in [-0.25, -0.2) is 0 Å². The van der Waals surface area contributed by atoms with Crippen molar-refractivity contribution < 1.29 is 0 Å². The quantitative estimate of drug-likeness (QED) is 0.155. The monoisotopic (exact) mass is 789 g/mol. The summed E-state index contributed by atoms with van der Waals surface area (Å²) in [6, 6.07) is 86.6. The molecule has 58 heavy (non-hydrogen) atoms. The van der Waals surface area contributed by atoms with Crippen molar-refractivity contribution in [1.29, 1.82) is 0 Å². The number of rotatable bonds is 6. The standard InChI is InChI=1S/C54H39NSSi2/c1-4-16-39(17-5-1)41-28-32-43(33-29-41)55(44-34-30-42(31-35-44)40-18-6-2-7-19-40)45-36-37-50-54(38-45)58(51-25-13-10-22-47(51)56-48-23-11-14-26-52(48)58)53-27-15-12-24-49(53)57(50)46-20-8-3-9-21-46/h1-38,57H. The van der Waals surface area contributed by atoms with Gasteiger partial charge in [0.1, 0.15) is 8.80 Å². The molecule has 0 aromatic heterocycles. The van der Waals surface area contributed by atoms with E-state index in [1.165, 1.54) is 63.7 Å². The van der Waals surface area contributed by atoms with E-state index in [1.807, 2.05) is 11.8 Å². The average Bonchev–Trinajstić information content (AvgIpc) is 3.30. The second-order valence-corrected chi connectivity index (χ2v) is 22.7. The molecule has 1 spiro atoms. The summed E-state index contributed by atoms with van der Waals surface area (Å²) in [4.78, 5) is 5.23. The molecule has 2 aliphatic rings. The predicted molar refractivity (Wildman–Crippen MR) is 252 cm³/mol. The molecule has 4 heteroatoms. The Bertz CT molecular complexity index is 2790. The first kappa shape index (κ1) is 34.8. The first-order valence-corrected chi connectivity index (χ1v) is 24.6. The number of hydrogen-bond acceptors (Lipinski definition) is 2. The molecule has 11 rings (SSSR count). The summed E-state index contributed by atoms with van der Waals surface area (Å²) >= 11 is 1.94. The topological polar surface area (TPSA) is 3.24 Å². The maximum Gasteiger partial charge on any atom is 0.181 e. The van der Waals surface area contributed by atoms with E-state index >= 15 is 0 Å². The van der Waals surface area contributed by atoms with Crippen molar-refractivity contribution in [2.75, 3.05) is 4.90 Å². The fourth-order valence-corrected chi connectivity index (χ4v) is 22.0. The minimum atomic E-state index is -2.83. The van der Waals surface area contributed by atoms with E-state index in [-0.39, 0.29) is 0 Å². The Balaban J connectivity index is 1.18. The Morgan fingerprint density at radius 1 is 0.328 bits per heavy atom. The molecule has 0 amide bonds. The lowest BCUT2D eigenvalue weighted by molar-refractivity contribution is 1.29. The molecule has 0 fully saturated rings. The molecule has 0 saturated carbocycles. The predicted octanol–water partition coefficient (Wildman–Crippen LogP) is 8.89. The zero-order chi connectivity index (χ0) is 38.5. The Kier molecular flexibility index (Phi) is 8.69. The van der Waals surface area contributed by atoms with Gasteiger partial charge in [0, 0.05) is 26.9 Å². The number of benzene rings is 9. The van der Waals surface area contributed by atoms with Crippen LogP contribution in [0.4, 0.5) is 17.1 Å². The first-order valence-electron chi connectivity index (χ1n) is 20.0. The molecule has 0 aliphatic carbocycles. The third-order valence-corrected chi connectivity index (χ3v) is 22.5. The summed E-state index contributed by atoms with van der Waals surface area (Å²) in [6.45, 7) is 0. The van der Waals surface area contributed by atoms with Gasteiger partial charge in [-0.15, -0.1) is 0 Å². The average molecular weight is 790 g/mol. The van der Waals surface area contributed by atoms with E-state index in [4.69, 9.17) is 0 Å². The highest BCUT2D eigenvalue weighted by molar-refractivity contribution is 8.00. The molecule has 1 unspecified atom stereocenters. The highest BCUT2D eigenvalue weighted by atomic mass is 32.2. The highest BCUT2D eigenvalue weighted by Crippen LogP contribution is 2.38. The van der Waals surface area contributed by atoms with Gasteiger partial charge >= 0.3 is 0 Å². The van der Waals surface area contributed by atoms with E-state index in [9.17, 15) is 0 Å². The number of nitrogens with zero attached hydrogens (tertiary/aromatic N) is 1. The molecule has 0 N–H and O–H groups in total. The smallest absolute Gasteiger partial charge is 0.181 e.